The van der Waals surface area contributed by atoms with Gasteiger partial charge in [0.25, 0.3) is 0 Å². The van der Waals surface area contributed by atoms with Crippen LogP contribution in [-0.4, -0.2) is 19.2 Å². The molecular formula is C13H15FNO. The van der Waals surface area contributed by atoms with E-state index in [1.807, 2.05) is 12.5 Å². The molecule has 1 N–H and O–H groups in total. The SMILES string of the molecule is Fc1ccc2c(c1)[CH]CO[C@H]2[C@@H]1CCCN1. The highest BCUT2D eigenvalue weighted by Gasteiger charge is 2.30. The molecule has 0 aliphatic carbocycles. The van der Waals surface area contributed by atoms with E-state index in [0.29, 0.717) is 12.6 Å². The predicted molar refractivity (Wildman–Crippen MR) is 59.5 cm³/mol. The van der Waals surface area contributed by atoms with Crippen molar-refractivity contribution in [2.24, 2.45) is 0 Å². The molecule has 3 rings (SSSR count). The average Bonchev–Trinajstić information content (AvgIpc) is 2.81. The van der Waals surface area contributed by atoms with Gasteiger partial charge >= 0.3 is 0 Å². The van der Waals surface area contributed by atoms with Gasteiger partial charge in [-0.1, -0.05) is 6.07 Å². The van der Waals surface area contributed by atoms with Gasteiger partial charge in [-0.05, 0) is 42.6 Å². The molecule has 3 heteroatoms. The van der Waals surface area contributed by atoms with E-state index in [1.165, 1.54) is 12.5 Å². The fourth-order valence-corrected chi connectivity index (χ4v) is 2.62. The van der Waals surface area contributed by atoms with Crippen LogP contribution in [0.15, 0.2) is 18.2 Å². The quantitative estimate of drug-likeness (QED) is 0.783. The van der Waals surface area contributed by atoms with Crippen LogP contribution in [0.1, 0.15) is 30.1 Å². The third-order valence-corrected chi connectivity index (χ3v) is 3.40. The maximum Gasteiger partial charge on any atom is 0.123 e. The third kappa shape index (κ3) is 1.74. The highest BCUT2D eigenvalue weighted by atomic mass is 19.1. The molecule has 16 heavy (non-hydrogen) atoms. The molecule has 85 valence electrons. The van der Waals surface area contributed by atoms with Gasteiger partial charge in [0, 0.05) is 12.5 Å². The second-order valence-electron chi connectivity index (χ2n) is 4.43. The molecule has 2 atom stereocenters. The van der Waals surface area contributed by atoms with E-state index in [0.717, 1.165) is 24.1 Å². The van der Waals surface area contributed by atoms with Gasteiger partial charge in [0.2, 0.25) is 0 Å². The first-order valence-corrected chi connectivity index (χ1v) is 5.82. The van der Waals surface area contributed by atoms with Crippen LogP contribution in [0.3, 0.4) is 0 Å². The number of ether oxygens (including phenoxy) is 1. The van der Waals surface area contributed by atoms with Crippen molar-refractivity contribution in [2.75, 3.05) is 13.2 Å². The van der Waals surface area contributed by atoms with Crippen LogP contribution in [0.25, 0.3) is 0 Å². The Labute approximate surface area is 94.8 Å². The first-order valence-electron chi connectivity index (χ1n) is 5.82. The second kappa shape index (κ2) is 4.15. The lowest BCUT2D eigenvalue weighted by molar-refractivity contribution is 0.0355. The molecule has 0 aromatic heterocycles. The second-order valence-corrected chi connectivity index (χ2v) is 4.43. The Balaban J connectivity index is 1.93. The molecular weight excluding hydrogens is 205 g/mol. The summed E-state index contributed by atoms with van der Waals surface area (Å²) in [6.45, 7) is 1.64. The third-order valence-electron chi connectivity index (χ3n) is 3.40. The van der Waals surface area contributed by atoms with Gasteiger partial charge < -0.3 is 10.1 Å². The number of hydrogen-bond donors (Lipinski definition) is 1. The summed E-state index contributed by atoms with van der Waals surface area (Å²) in [6, 6.07) is 5.35. The van der Waals surface area contributed by atoms with Crippen LogP contribution in [0.4, 0.5) is 4.39 Å². The number of hydrogen-bond acceptors (Lipinski definition) is 2. The average molecular weight is 220 g/mol. The van der Waals surface area contributed by atoms with E-state index in [9.17, 15) is 4.39 Å². The number of nitrogens with one attached hydrogen (secondary N) is 1. The smallest absolute Gasteiger partial charge is 0.123 e. The Bertz CT molecular complexity index is 388. The van der Waals surface area contributed by atoms with Crippen molar-refractivity contribution in [3.63, 3.8) is 0 Å². The van der Waals surface area contributed by atoms with Gasteiger partial charge in [-0.2, -0.15) is 0 Å². The summed E-state index contributed by atoms with van der Waals surface area (Å²) in [5.74, 6) is -0.171. The van der Waals surface area contributed by atoms with Gasteiger partial charge in [-0.3, -0.25) is 0 Å². The minimum atomic E-state index is -0.171. The van der Waals surface area contributed by atoms with E-state index < -0.39 is 0 Å². The molecule has 0 amide bonds. The fraction of sp³-hybridized carbons (Fsp3) is 0.462. The minimum absolute atomic E-state index is 0.0862. The molecule has 1 fully saturated rings. The van der Waals surface area contributed by atoms with Crippen molar-refractivity contribution in [3.05, 3.63) is 41.6 Å². The molecule has 2 aliphatic rings. The molecule has 1 aromatic rings. The van der Waals surface area contributed by atoms with E-state index in [-0.39, 0.29) is 11.9 Å². The lowest BCUT2D eigenvalue weighted by Crippen LogP contribution is -2.33. The molecule has 2 nitrogen and oxygen atoms in total. The summed E-state index contributed by atoms with van der Waals surface area (Å²) in [6.07, 6.45) is 4.37. The predicted octanol–water partition coefficient (Wildman–Crippen LogP) is 2.20. The summed E-state index contributed by atoms with van der Waals surface area (Å²) < 4.78 is 18.9. The Morgan fingerprint density at radius 2 is 2.31 bits per heavy atom. The van der Waals surface area contributed by atoms with Crippen molar-refractivity contribution in [1.82, 2.24) is 5.32 Å². The Morgan fingerprint density at radius 1 is 1.38 bits per heavy atom. The molecule has 2 aliphatic heterocycles. The van der Waals surface area contributed by atoms with Gasteiger partial charge in [-0.25, -0.2) is 4.39 Å². The lowest BCUT2D eigenvalue weighted by atomic mass is 9.92. The van der Waals surface area contributed by atoms with E-state index in [4.69, 9.17) is 4.74 Å². The Morgan fingerprint density at radius 3 is 3.12 bits per heavy atom. The highest BCUT2D eigenvalue weighted by Crippen LogP contribution is 2.33. The molecule has 0 bridgehead atoms. The molecule has 0 unspecified atom stereocenters. The zero-order valence-electron chi connectivity index (χ0n) is 9.08. The summed E-state index contributed by atoms with van der Waals surface area (Å²) >= 11 is 0. The van der Waals surface area contributed by atoms with Crippen LogP contribution < -0.4 is 5.32 Å². The first kappa shape index (κ1) is 10.2. The van der Waals surface area contributed by atoms with Crippen LogP contribution in [-0.2, 0) is 4.74 Å². The maximum atomic E-state index is 13.1. The van der Waals surface area contributed by atoms with E-state index >= 15 is 0 Å². The molecule has 2 heterocycles. The molecule has 1 aromatic carbocycles. The normalized spacial score (nSPS) is 29.1. The minimum Gasteiger partial charge on any atom is -0.371 e. The van der Waals surface area contributed by atoms with Crippen molar-refractivity contribution >= 4 is 0 Å². The topological polar surface area (TPSA) is 21.3 Å². The largest absolute Gasteiger partial charge is 0.371 e. The highest BCUT2D eigenvalue weighted by molar-refractivity contribution is 5.38. The zero-order chi connectivity index (χ0) is 11.0. The molecule has 1 saturated heterocycles. The van der Waals surface area contributed by atoms with Crippen molar-refractivity contribution in [3.8, 4) is 0 Å². The van der Waals surface area contributed by atoms with Gasteiger partial charge in [0.05, 0.1) is 12.7 Å². The summed E-state index contributed by atoms with van der Waals surface area (Å²) in [5.41, 5.74) is 2.11. The maximum absolute atomic E-state index is 13.1. The monoisotopic (exact) mass is 220 g/mol. The van der Waals surface area contributed by atoms with E-state index in [1.54, 1.807) is 6.07 Å². The van der Waals surface area contributed by atoms with Crippen LogP contribution in [0, 0.1) is 12.2 Å². The zero-order valence-corrected chi connectivity index (χ0v) is 9.08. The van der Waals surface area contributed by atoms with Crippen molar-refractivity contribution in [1.29, 1.82) is 0 Å². The molecule has 0 spiro atoms. The van der Waals surface area contributed by atoms with Crippen molar-refractivity contribution in [2.45, 2.75) is 25.0 Å². The summed E-state index contributed by atoms with van der Waals surface area (Å²) in [7, 11) is 0. The molecule has 1 radical (unpaired) electrons. The Hall–Kier alpha value is -0.930. The van der Waals surface area contributed by atoms with Gasteiger partial charge in [0.1, 0.15) is 5.82 Å². The summed E-state index contributed by atoms with van der Waals surface area (Å²) in [5, 5.41) is 3.45. The number of fused-ring (bicyclic) bond motifs is 1. The standard InChI is InChI=1S/C13H15FNO/c14-10-3-4-11-9(8-10)5-7-16-13(11)12-2-1-6-15-12/h3-5,8,12-13,15H,1-2,6-7H2/t12-,13+/m0/s1. The fourth-order valence-electron chi connectivity index (χ4n) is 2.62. The number of rotatable bonds is 1. The lowest BCUT2D eigenvalue weighted by Gasteiger charge is -2.30. The molecule has 0 saturated carbocycles. The first-order chi connectivity index (χ1) is 7.84. The number of halogens is 1. The Kier molecular flexibility index (Phi) is 2.65. The van der Waals surface area contributed by atoms with Crippen LogP contribution in [0.2, 0.25) is 0 Å². The number of benzene rings is 1. The summed E-state index contributed by atoms with van der Waals surface area (Å²) in [4.78, 5) is 0. The van der Waals surface area contributed by atoms with Crippen LogP contribution in [0.5, 0.6) is 0 Å². The van der Waals surface area contributed by atoms with Crippen LogP contribution >= 0.6 is 0 Å². The van der Waals surface area contributed by atoms with Gasteiger partial charge in [0.15, 0.2) is 0 Å². The van der Waals surface area contributed by atoms with Gasteiger partial charge in [-0.15, -0.1) is 0 Å². The van der Waals surface area contributed by atoms with E-state index in [2.05, 4.69) is 5.32 Å². The van der Waals surface area contributed by atoms with Crippen molar-refractivity contribution < 1.29 is 9.13 Å².